The first-order valence-corrected chi connectivity index (χ1v) is 7.23. The van der Waals surface area contributed by atoms with Crippen molar-refractivity contribution in [3.63, 3.8) is 0 Å². The molecule has 0 radical (unpaired) electrons. The highest BCUT2D eigenvalue weighted by Crippen LogP contribution is 2.55. The van der Waals surface area contributed by atoms with Crippen molar-refractivity contribution in [1.82, 2.24) is 0 Å². The first kappa shape index (κ1) is 15.1. The molecule has 5 nitrogen and oxygen atoms in total. The van der Waals surface area contributed by atoms with Crippen molar-refractivity contribution in [3.8, 4) is 0 Å². The molecule has 0 aromatic heterocycles. The fourth-order valence-corrected chi connectivity index (χ4v) is 2.91. The van der Waals surface area contributed by atoms with Gasteiger partial charge in [-0.2, -0.15) is 0 Å². The van der Waals surface area contributed by atoms with Gasteiger partial charge in [0.25, 0.3) is 0 Å². The van der Waals surface area contributed by atoms with Crippen molar-refractivity contribution in [3.05, 3.63) is 0 Å². The molecule has 0 spiro atoms. The fraction of sp³-hybridized carbons (Fsp3) is 1.00. The molecular weight excluding hydrogens is 243 g/mol. The van der Waals surface area contributed by atoms with Crippen molar-refractivity contribution in [2.45, 2.75) is 58.8 Å². The van der Waals surface area contributed by atoms with E-state index in [4.69, 9.17) is 18.3 Å². The Labute approximate surface area is 103 Å². The topological polar surface area (TPSA) is 57.3 Å². The average molecular weight is 266 g/mol. The van der Waals surface area contributed by atoms with Crippen LogP contribution in [-0.4, -0.2) is 30.5 Å². The van der Waals surface area contributed by atoms with Crippen LogP contribution < -0.4 is 0 Å². The van der Waals surface area contributed by atoms with Gasteiger partial charge >= 0.3 is 7.82 Å². The van der Waals surface area contributed by atoms with Crippen molar-refractivity contribution in [2.24, 2.45) is 0 Å². The molecule has 1 fully saturated rings. The predicted octanol–water partition coefficient (Wildman–Crippen LogP) is 3.14. The lowest BCUT2D eigenvalue weighted by atomic mass is 10.2. The molecule has 1 aliphatic heterocycles. The molecule has 1 saturated heterocycles. The highest BCUT2D eigenvalue weighted by molar-refractivity contribution is 7.48. The molecule has 1 atom stereocenters. The Hall–Kier alpha value is 0.0700. The van der Waals surface area contributed by atoms with Gasteiger partial charge in [-0.15, -0.1) is 0 Å². The van der Waals surface area contributed by atoms with Crippen molar-refractivity contribution < 1.29 is 22.9 Å². The van der Waals surface area contributed by atoms with Crippen molar-refractivity contribution in [1.29, 1.82) is 0 Å². The molecule has 17 heavy (non-hydrogen) atoms. The Kier molecular flexibility index (Phi) is 4.43. The van der Waals surface area contributed by atoms with E-state index in [9.17, 15) is 4.57 Å². The molecule has 0 amide bonds. The number of hydrogen-bond acceptors (Lipinski definition) is 5. The van der Waals surface area contributed by atoms with Crippen LogP contribution in [0.5, 0.6) is 0 Å². The molecule has 0 aromatic carbocycles. The van der Waals surface area contributed by atoms with Crippen LogP contribution >= 0.6 is 7.82 Å². The second-order valence-corrected chi connectivity index (χ2v) is 7.62. The van der Waals surface area contributed by atoms with Crippen LogP contribution in [0.1, 0.15) is 41.5 Å². The summed E-state index contributed by atoms with van der Waals surface area (Å²) in [5, 5.41) is 0. The normalized spacial score (nSPS) is 21.6. The molecule has 6 heteroatoms. The lowest BCUT2D eigenvalue weighted by Crippen LogP contribution is -2.25. The summed E-state index contributed by atoms with van der Waals surface area (Å²) in [7, 11) is -3.56. The molecule has 1 aliphatic rings. The minimum Gasteiger partial charge on any atom is -0.371 e. The Morgan fingerprint density at radius 1 is 1.12 bits per heavy atom. The number of rotatable bonds is 5. The van der Waals surface area contributed by atoms with Crippen LogP contribution in [0.3, 0.4) is 0 Å². The second-order valence-electron chi connectivity index (χ2n) is 6.11. The van der Waals surface area contributed by atoms with Gasteiger partial charge in [-0.25, -0.2) is 4.57 Å². The Morgan fingerprint density at radius 3 is 1.82 bits per heavy atom. The summed E-state index contributed by atoms with van der Waals surface area (Å²) in [5.41, 5.74) is -1.18. The van der Waals surface area contributed by atoms with E-state index in [0.717, 1.165) is 0 Å². The van der Waals surface area contributed by atoms with E-state index in [1.165, 1.54) is 0 Å². The maximum atomic E-state index is 12.5. The lowest BCUT2D eigenvalue weighted by Gasteiger charge is -2.30. The van der Waals surface area contributed by atoms with Gasteiger partial charge in [-0.05, 0) is 41.5 Å². The number of epoxide rings is 1. The third kappa shape index (κ3) is 7.17. The minimum atomic E-state index is -3.56. The van der Waals surface area contributed by atoms with Crippen LogP contribution in [0.2, 0.25) is 0 Å². The third-order valence-corrected chi connectivity index (χ3v) is 3.60. The predicted molar refractivity (Wildman–Crippen MR) is 65.0 cm³/mol. The zero-order valence-corrected chi connectivity index (χ0v) is 12.4. The first-order chi connectivity index (χ1) is 7.49. The van der Waals surface area contributed by atoms with Gasteiger partial charge in [-0.3, -0.25) is 13.6 Å². The van der Waals surface area contributed by atoms with E-state index in [1.54, 1.807) is 0 Å². The average Bonchev–Trinajstić information content (AvgIpc) is 2.74. The van der Waals surface area contributed by atoms with Gasteiger partial charge in [0.2, 0.25) is 0 Å². The summed E-state index contributed by atoms with van der Waals surface area (Å²) in [5.74, 6) is 0. The molecule has 0 aliphatic carbocycles. The van der Waals surface area contributed by atoms with Crippen molar-refractivity contribution in [2.75, 3.05) is 13.2 Å². The molecule has 0 bridgehead atoms. The van der Waals surface area contributed by atoms with Gasteiger partial charge in [-0.1, -0.05) is 0 Å². The van der Waals surface area contributed by atoms with Crippen LogP contribution in [-0.2, 0) is 22.9 Å². The lowest BCUT2D eigenvalue weighted by molar-refractivity contribution is 0.00165. The monoisotopic (exact) mass is 266 g/mol. The van der Waals surface area contributed by atoms with Gasteiger partial charge in [0.1, 0.15) is 6.10 Å². The molecular formula is C11H23O5P. The summed E-state index contributed by atoms with van der Waals surface area (Å²) in [6.45, 7) is 11.7. The Bertz CT molecular complexity index is 278. The maximum Gasteiger partial charge on any atom is 0.475 e. The van der Waals surface area contributed by atoms with Crippen LogP contribution in [0.4, 0.5) is 0 Å². The van der Waals surface area contributed by atoms with Crippen LogP contribution in [0.15, 0.2) is 0 Å². The second kappa shape index (κ2) is 4.98. The number of phosphoric acid groups is 1. The summed E-state index contributed by atoms with van der Waals surface area (Å²) < 4.78 is 33.6. The maximum absolute atomic E-state index is 12.5. The zero-order chi connectivity index (χ0) is 13.3. The summed E-state index contributed by atoms with van der Waals surface area (Å²) in [6.07, 6.45) is 0.0236. The smallest absolute Gasteiger partial charge is 0.371 e. The van der Waals surface area contributed by atoms with Gasteiger partial charge in [0, 0.05) is 0 Å². The molecule has 0 unspecified atom stereocenters. The first-order valence-electron chi connectivity index (χ1n) is 5.77. The van der Waals surface area contributed by atoms with Gasteiger partial charge in [0.05, 0.1) is 24.4 Å². The number of phosphoric ester groups is 1. The highest BCUT2D eigenvalue weighted by atomic mass is 31.2. The number of ether oxygens (including phenoxy) is 1. The summed E-state index contributed by atoms with van der Waals surface area (Å²) in [4.78, 5) is 0. The summed E-state index contributed by atoms with van der Waals surface area (Å²) in [6, 6.07) is 0. The molecule has 0 saturated carbocycles. The SMILES string of the molecule is CC(C)(C)OP(=O)(OC[C@H]1CO1)OC(C)(C)C. The standard InChI is InChI=1S/C11H23O5P/c1-10(2,3)15-17(12,16-11(4,5)6)14-8-9-7-13-9/h9H,7-8H2,1-6H3/t9-/m1/s1. The molecule has 1 heterocycles. The fourth-order valence-electron chi connectivity index (χ4n) is 1.08. The molecule has 0 N–H and O–H groups in total. The van der Waals surface area contributed by atoms with E-state index in [1.807, 2.05) is 41.5 Å². The quantitative estimate of drug-likeness (QED) is 0.565. The van der Waals surface area contributed by atoms with Gasteiger partial charge < -0.3 is 4.74 Å². The van der Waals surface area contributed by atoms with E-state index < -0.39 is 19.0 Å². The minimum absolute atomic E-state index is 0.0236. The third-order valence-electron chi connectivity index (χ3n) is 1.59. The van der Waals surface area contributed by atoms with Gasteiger partial charge in [0.15, 0.2) is 0 Å². The van der Waals surface area contributed by atoms with E-state index >= 15 is 0 Å². The summed E-state index contributed by atoms with van der Waals surface area (Å²) >= 11 is 0. The molecule has 102 valence electrons. The molecule has 0 aromatic rings. The van der Waals surface area contributed by atoms with Crippen LogP contribution in [0.25, 0.3) is 0 Å². The zero-order valence-electron chi connectivity index (χ0n) is 11.5. The van der Waals surface area contributed by atoms with E-state index in [2.05, 4.69) is 0 Å². The largest absolute Gasteiger partial charge is 0.475 e. The van der Waals surface area contributed by atoms with Crippen LogP contribution in [0, 0.1) is 0 Å². The highest BCUT2D eigenvalue weighted by Gasteiger charge is 2.39. The van der Waals surface area contributed by atoms with E-state index in [0.29, 0.717) is 6.61 Å². The Morgan fingerprint density at radius 2 is 1.53 bits per heavy atom. The van der Waals surface area contributed by atoms with E-state index in [-0.39, 0.29) is 12.7 Å². The Balaban J connectivity index is 2.64. The molecule has 1 rings (SSSR count). The van der Waals surface area contributed by atoms with Crippen molar-refractivity contribution >= 4 is 7.82 Å². The number of hydrogen-bond donors (Lipinski definition) is 0.